The minimum Gasteiger partial charge on any atom is -0.406 e. The Kier molecular flexibility index (Phi) is 6.35. The van der Waals surface area contributed by atoms with Crippen molar-refractivity contribution in [1.82, 2.24) is 19.9 Å². The van der Waals surface area contributed by atoms with Crippen LogP contribution >= 0.6 is 0 Å². The fourth-order valence-corrected chi connectivity index (χ4v) is 3.29. The van der Waals surface area contributed by atoms with Crippen LogP contribution in [0.3, 0.4) is 0 Å². The standard InChI is InChI=1S/C24H23F3N6O2/c1-23(2,28)14-29-21(34)15-8-10-17(11-9-15)30-22-31-20-19(7-4-12-33(20)32-22)16-5-3-6-18(13-16)35-24(25,26)27/h3-13H,14,28H2,1-2H3,(H,29,34)(H,30,32). The van der Waals surface area contributed by atoms with E-state index in [2.05, 4.69) is 25.5 Å². The van der Waals surface area contributed by atoms with Crippen molar-refractivity contribution < 1.29 is 22.7 Å². The Morgan fingerprint density at radius 1 is 1.09 bits per heavy atom. The molecule has 2 heterocycles. The fourth-order valence-electron chi connectivity index (χ4n) is 3.29. The summed E-state index contributed by atoms with van der Waals surface area (Å²) in [5.74, 6) is -0.279. The Bertz CT molecular complexity index is 1340. The maximum atomic E-state index is 12.6. The molecule has 8 nitrogen and oxygen atoms in total. The second-order valence-electron chi connectivity index (χ2n) is 8.57. The molecule has 0 spiro atoms. The third-order valence-corrected chi connectivity index (χ3v) is 4.85. The number of rotatable bonds is 7. The van der Waals surface area contributed by atoms with Crippen molar-refractivity contribution in [2.45, 2.75) is 25.7 Å². The van der Waals surface area contributed by atoms with Crippen LogP contribution < -0.4 is 21.1 Å². The normalized spacial score (nSPS) is 11.9. The Hall–Kier alpha value is -4.12. The molecule has 35 heavy (non-hydrogen) atoms. The molecular weight excluding hydrogens is 461 g/mol. The van der Waals surface area contributed by atoms with Crippen LogP contribution in [0.1, 0.15) is 24.2 Å². The number of halogens is 3. The van der Waals surface area contributed by atoms with Gasteiger partial charge in [-0.15, -0.1) is 18.3 Å². The molecule has 0 unspecified atom stereocenters. The zero-order valence-corrected chi connectivity index (χ0v) is 18.9. The van der Waals surface area contributed by atoms with Crippen molar-refractivity contribution in [2.75, 3.05) is 11.9 Å². The topological polar surface area (TPSA) is 107 Å². The maximum Gasteiger partial charge on any atom is 0.573 e. The second-order valence-corrected chi connectivity index (χ2v) is 8.57. The minimum atomic E-state index is -4.78. The van der Waals surface area contributed by atoms with E-state index in [0.717, 1.165) is 0 Å². The second kappa shape index (κ2) is 9.26. The lowest BCUT2D eigenvalue weighted by Gasteiger charge is -2.18. The summed E-state index contributed by atoms with van der Waals surface area (Å²) in [6.45, 7) is 3.98. The highest BCUT2D eigenvalue weighted by atomic mass is 19.4. The number of aromatic nitrogens is 3. The number of carbonyl (C=O) groups is 1. The number of hydrogen-bond donors (Lipinski definition) is 3. The van der Waals surface area contributed by atoms with Gasteiger partial charge in [0.1, 0.15) is 5.75 Å². The SMILES string of the molecule is CC(C)(N)CNC(=O)c1ccc(Nc2nc3c(-c4cccc(OC(F)(F)F)c4)cccn3n2)cc1. The summed E-state index contributed by atoms with van der Waals surface area (Å²) in [5, 5.41) is 10.2. The zero-order valence-electron chi connectivity index (χ0n) is 18.9. The molecule has 0 aliphatic heterocycles. The summed E-state index contributed by atoms with van der Waals surface area (Å²) >= 11 is 0. The van der Waals surface area contributed by atoms with Gasteiger partial charge in [0.05, 0.1) is 0 Å². The molecular formula is C24H23F3N6O2. The molecule has 4 rings (SSSR count). The van der Waals surface area contributed by atoms with Crippen molar-refractivity contribution >= 4 is 23.2 Å². The predicted octanol–water partition coefficient (Wildman–Crippen LogP) is 4.51. The van der Waals surface area contributed by atoms with Gasteiger partial charge in [0.15, 0.2) is 5.65 Å². The number of ether oxygens (including phenoxy) is 1. The molecule has 2 aromatic carbocycles. The highest BCUT2D eigenvalue weighted by Crippen LogP contribution is 2.30. The van der Waals surface area contributed by atoms with Gasteiger partial charge in [-0.1, -0.05) is 12.1 Å². The summed E-state index contributed by atoms with van der Waals surface area (Å²) in [6.07, 6.45) is -3.10. The first-order valence-corrected chi connectivity index (χ1v) is 10.6. The summed E-state index contributed by atoms with van der Waals surface area (Å²) in [5.41, 5.74) is 8.02. The predicted molar refractivity (Wildman–Crippen MR) is 125 cm³/mol. The van der Waals surface area contributed by atoms with Gasteiger partial charge >= 0.3 is 6.36 Å². The molecule has 11 heteroatoms. The Labute approximate surface area is 198 Å². The van der Waals surface area contributed by atoms with Crippen LogP contribution in [0.2, 0.25) is 0 Å². The molecule has 2 aromatic heterocycles. The van der Waals surface area contributed by atoms with E-state index in [-0.39, 0.29) is 17.6 Å². The highest BCUT2D eigenvalue weighted by Gasteiger charge is 2.31. The average molecular weight is 484 g/mol. The number of carbonyl (C=O) groups excluding carboxylic acids is 1. The molecule has 0 aliphatic carbocycles. The molecule has 0 saturated carbocycles. The van der Waals surface area contributed by atoms with Crippen LogP contribution in [0.5, 0.6) is 5.75 Å². The number of benzene rings is 2. The lowest BCUT2D eigenvalue weighted by Crippen LogP contribution is -2.45. The van der Waals surface area contributed by atoms with Gasteiger partial charge in [-0.2, -0.15) is 4.98 Å². The van der Waals surface area contributed by atoms with Crippen LogP contribution in [-0.2, 0) is 0 Å². The van der Waals surface area contributed by atoms with E-state index >= 15 is 0 Å². The smallest absolute Gasteiger partial charge is 0.406 e. The molecule has 182 valence electrons. The molecule has 1 amide bonds. The summed E-state index contributed by atoms with van der Waals surface area (Å²) in [6, 6.07) is 15.9. The number of alkyl halides is 3. The van der Waals surface area contributed by atoms with E-state index in [9.17, 15) is 18.0 Å². The highest BCUT2D eigenvalue weighted by molar-refractivity contribution is 5.94. The quantitative estimate of drug-likeness (QED) is 0.357. The van der Waals surface area contributed by atoms with Crippen LogP contribution in [0, 0.1) is 0 Å². The van der Waals surface area contributed by atoms with Crippen LogP contribution in [0.25, 0.3) is 16.8 Å². The molecule has 0 atom stereocenters. The zero-order chi connectivity index (χ0) is 25.2. The van der Waals surface area contributed by atoms with Gasteiger partial charge < -0.3 is 21.1 Å². The van der Waals surface area contributed by atoms with Gasteiger partial charge in [0.25, 0.3) is 5.91 Å². The summed E-state index contributed by atoms with van der Waals surface area (Å²) in [4.78, 5) is 16.8. The molecule has 4 N–H and O–H groups in total. The third-order valence-electron chi connectivity index (χ3n) is 4.85. The Balaban J connectivity index is 1.53. The van der Waals surface area contributed by atoms with Gasteiger partial charge in [-0.25, -0.2) is 4.52 Å². The van der Waals surface area contributed by atoms with Crippen molar-refractivity contribution in [3.63, 3.8) is 0 Å². The first kappa shape index (κ1) is 24.0. The molecule has 0 saturated heterocycles. The van der Waals surface area contributed by atoms with Crippen molar-refractivity contribution in [2.24, 2.45) is 5.73 Å². The molecule has 0 bridgehead atoms. The van der Waals surface area contributed by atoms with Crippen molar-refractivity contribution in [3.8, 4) is 16.9 Å². The van der Waals surface area contributed by atoms with E-state index < -0.39 is 11.9 Å². The first-order chi connectivity index (χ1) is 16.5. The minimum absolute atomic E-state index is 0.234. The Morgan fingerprint density at radius 2 is 1.83 bits per heavy atom. The van der Waals surface area contributed by atoms with Crippen LogP contribution in [0.4, 0.5) is 24.8 Å². The molecule has 0 aliphatic rings. The first-order valence-electron chi connectivity index (χ1n) is 10.6. The van der Waals surface area contributed by atoms with Crippen LogP contribution in [-0.4, -0.2) is 39.0 Å². The van der Waals surface area contributed by atoms with E-state index in [1.54, 1.807) is 48.7 Å². The number of nitrogens with one attached hydrogen (secondary N) is 2. The Morgan fingerprint density at radius 3 is 2.51 bits per heavy atom. The molecule has 4 aromatic rings. The lowest BCUT2D eigenvalue weighted by atomic mass is 10.1. The van der Waals surface area contributed by atoms with Crippen molar-refractivity contribution in [1.29, 1.82) is 0 Å². The fraction of sp³-hybridized carbons (Fsp3) is 0.208. The van der Waals surface area contributed by atoms with Gasteiger partial charge in [-0.3, -0.25) is 4.79 Å². The van der Waals surface area contributed by atoms with Gasteiger partial charge in [0, 0.05) is 35.1 Å². The monoisotopic (exact) mass is 484 g/mol. The number of anilines is 2. The number of amides is 1. The third kappa shape index (κ3) is 6.27. The van der Waals surface area contributed by atoms with Gasteiger partial charge in [-0.05, 0) is 67.9 Å². The number of nitrogens with two attached hydrogens (primary N) is 1. The largest absolute Gasteiger partial charge is 0.573 e. The van der Waals surface area contributed by atoms with E-state index in [0.29, 0.717) is 34.6 Å². The van der Waals surface area contributed by atoms with Crippen molar-refractivity contribution in [3.05, 3.63) is 72.4 Å². The lowest BCUT2D eigenvalue weighted by molar-refractivity contribution is -0.274. The van der Waals surface area contributed by atoms with Gasteiger partial charge in [0.2, 0.25) is 5.95 Å². The average Bonchev–Trinajstić information content (AvgIpc) is 3.19. The number of fused-ring (bicyclic) bond motifs is 1. The number of hydrogen-bond acceptors (Lipinski definition) is 6. The van der Waals surface area contributed by atoms with E-state index in [1.807, 2.05) is 13.8 Å². The maximum absolute atomic E-state index is 12.6. The van der Waals surface area contributed by atoms with E-state index in [4.69, 9.17) is 5.73 Å². The molecule has 0 fully saturated rings. The van der Waals surface area contributed by atoms with Crippen LogP contribution in [0.15, 0.2) is 66.9 Å². The molecule has 0 radical (unpaired) electrons. The summed E-state index contributed by atoms with van der Waals surface area (Å²) in [7, 11) is 0. The number of nitrogens with zero attached hydrogens (tertiary/aromatic N) is 3. The summed E-state index contributed by atoms with van der Waals surface area (Å²) < 4.78 is 43.4. The van der Waals surface area contributed by atoms with E-state index in [1.165, 1.54) is 22.7 Å². The number of pyridine rings is 1.